The first-order valence-corrected chi connectivity index (χ1v) is 9.36. The van der Waals surface area contributed by atoms with E-state index in [-0.39, 0.29) is 5.82 Å². The summed E-state index contributed by atoms with van der Waals surface area (Å²) in [6.07, 6.45) is 3.54. The molecular formula is C11H15FNPS2. The second kappa shape index (κ2) is 5.18. The minimum atomic E-state index is -2.17. The van der Waals surface area contributed by atoms with Gasteiger partial charge in [0.25, 0.3) is 0 Å². The van der Waals surface area contributed by atoms with Gasteiger partial charge in [0.2, 0.25) is 0 Å². The molecule has 0 aliphatic carbocycles. The topological polar surface area (TPSA) is 3.24 Å². The first kappa shape index (κ1) is 12.6. The summed E-state index contributed by atoms with van der Waals surface area (Å²) in [5.41, 5.74) is 0. The van der Waals surface area contributed by atoms with Crippen LogP contribution in [-0.4, -0.2) is 17.8 Å². The summed E-state index contributed by atoms with van der Waals surface area (Å²) in [5.74, 6) is -0.216. The quantitative estimate of drug-likeness (QED) is 0.652. The zero-order chi connectivity index (χ0) is 11.6. The van der Waals surface area contributed by atoms with Crippen LogP contribution in [0.25, 0.3) is 0 Å². The number of benzene rings is 1. The lowest BCUT2D eigenvalue weighted by Gasteiger charge is -2.34. The van der Waals surface area contributed by atoms with Gasteiger partial charge >= 0.3 is 0 Å². The van der Waals surface area contributed by atoms with Gasteiger partial charge in [-0.1, -0.05) is 30.4 Å². The molecular weight excluding hydrogens is 260 g/mol. The molecule has 1 aromatic carbocycles. The van der Waals surface area contributed by atoms with E-state index in [1.54, 1.807) is 12.1 Å². The predicted octanol–water partition coefficient (Wildman–Crippen LogP) is 3.18. The van der Waals surface area contributed by atoms with Crippen molar-refractivity contribution in [3.05, 3.63) is 30.1 Å². The number of rotatable bonds is 2. The van der Waals surface area contributed by atoms with Crippen molar-refractivity contribution in [2.24, 2.45) is 0 Å². The Kier molecular flexibility index (Phi) is 4.06. The van der Waals surface area contributed by atoms with E-state index in [9.17, 15) is 4.39 Å². The van der Waals surface area contributed by atoms with Crippen molar-refractivity contribution in [2.45, 2.75) is 19.3 Å². The molecule has 1 aromatic rings. The lowest BCUT2D eigenvalue weighted by Crippen LogP contribution is -2.29. The molecule has 2 rings (SSSR count). The van der Waals surface area contributed by atoms with E-state index in [2.05, 4.69) is 16.9 Å². The van der Waals surface area contributed by atoms with Gasteiger partial charge in [0.05, 0.1) is 5.39 Å². The van der Waals surface area contributed by atoms with Gasteiger partial charge in [-0.15, -0.1) is 12.2 Å². The summed E-state index contributed by atoms with van der Waals surface area (Å²) >= 11 is 10.2. The highest BCUT2D eigenvalue weighted by molar-refractivity contribution is 8.65. The maximum Gasteiger partial charge on any atom is 0.133 e. The fraction of sp³-hybridized carbons (Fsp3) is 0.455. The van der Waals surface area contributed by atoms with Gasteiger partial charge in [-0.25, -0.2) is 4.39 Å². The number of halogens is 1. The van der Waals surface area contributed by atoms with Crippen LogP contribution in [0.2, 0.25) is 0 Å². The van der Waals surface area contributed by atoms with Crippen LogP contribution in [0.4, 0.5) is 4.39 Å². The average molecular weight is 275 g/mol. The van der Waals surface area contributed by atoms with Gasteiger partial charge in [0.15, 0.2) is 0 Å². The van der Waals surface area contributed by atoms with Crippen molar-refractivity contribution in [1.82, 2.24) is 4.67 Å². The van der Waals surface area contributed by atoms with Crippen LogP contribution in [0.5, 0.6) is 0 Å². The zero-order valence-electron chi connectivity index (χ0n) is 8.97. The highest BCUT2D eigenvalue weighted by Crippen LogP contribution is 2.54. The molecule has 0 bridgehead atoms. The fourth-order valence-corrected chi connectivity index (χ4v) is 5.71. The van der Waals surface area contributed by atoms with Gasteiger partial charge in [-0.3, -0.25) is 4.67 Å². The average Bonchev–Trinajstić information content (AvgIpc) is 2.30. The molecule has 1 aliphatic rings. The molecule has 1 atom stereocenters. The van der Waals surface area contributed by atoms with E-state index in [1.807, 2.05) is 6.07 Å². The molecule has 1 heterocycles. The monoisotopic (exact) mass is 275 g/mol. The summed E-state index contributed by atoms with van der Waals surface area (Å²) < 4.78 is 15.9. The van der Waals surface area contributed by atoms with Crippen LogP contribution in [0.15, 0.2) is 24.3 Å². The molecule has 0 radical (unpaired) electrons. The molecule has 1 saturated heterocycles. The Morgan fingerprint density at radius 3 is 2.44 bits per heavy atom. The van der Waals surface area contributed by atoms with Crippen molar-refractivity contribution >= 4 is 34.8 Å². The van der Waals surface area contributed by atoms with Crippen LogP contribution in [0.3, 0.4) is 0 Å². The molecule has 1 aliphatic heterocycles. The minimum absolute atomic E-state index is 0.216. The van der Waals surface area contributed by atoms with Crippen molar-refractivity contribution in [2.75, 3.05) is 13.1 Å². The molecule has 1 fully saturated rings. The summed E-state index contributed by atoms with van der Waals surface area (Å²) in [6, 6.07) is 6.77. The van der Waals surface area contributed by atoms with Crippen LogP contribution in [0.1, 0.15) is 19.3 Å². The maximum absolute atomic E-state index is 13.7. The normalized spacial score (nSPS) is 21.6. The van der Waals surface area contributed by atoms with Crippen molar-refractivity contribution < 1.29 is 4.39 Å². The second-order valence-electron chi connectivity index (χ2n) is 4.01. The molecule has 16 heavy (non-hydrogen) atoms. The van der Waals surface area contributed by atoms with Crippen LogP contribution in [-0.2, 0) is 11.8 Å². The third-order valence-electron chi connectivity index (χ3n) is 2.88. The van der Waals surface area contributed by atoms with E-state index in [0.717, 1.165) is 25.9 Å². The Hall–Kier alpha value is 0.110. The van der Waals surface area contributed by atoms with Crippen LogP contribution < -0.4 is 5.30 Å². The molecule has 0 N–H and O–H groups in total. The number of thiol groups is 1. The largest absolute Gasteiger partial charge is 0.264 e. The van der Waals surface area contributed by atoms with Crippen LogP contribution in [0, 0.1) is 5.82 Å². The highest BCUT2D eigenvalue weighted by Gasteiger charge is 2.27. The predicted molar refractivity (Wildman–Crippen MR) is 74.7 cm³/mol. The Morgan fingerprint density at radius 1 is 1.19 bits per heavy atom. The lowest BCUT2D eigenvalue weighted by atomic mass is 10.2. The second-order valence-corrected chi connectivity index (χ2v) is 10.3. The standard InChI is InChI=1S/C11H15FNPS2/c12-10-6-2-3-7-11(10)14(15,16)13-8-4-1-5-9-13/h2-3,6-7H,1,4-5,8-9H2,(H,15,16). The van der Waals surface area contributed by atoms with E-state index in [4.69, 9.17) is 11.8 Å². The summed E-state index contributed by atoms with van der Waals surface area (Å²) in [5, 5.41) is -1.57. The highest BCUT2D eigenvalue weighted by atomic mass is 32.9. The number of hydrogen-bond donors (Lipinski definition) is 1. The third-order valence-corrected chi connectivity index (χ3v) is 7.73. The van der Waals surface area contributed by atoms with Gasteiger partial charge in [-0.2, -0.15) is 0 Å². The van der Waals surface area contributed by atoms with Gasteiger partial charge < -0.3 is 0 Å². The Labute approximate surface area is 106 Å². The molecule has 0 saturated carbocycles. The van der Waals surface area contributed by atoms with Crippen molar-refractivity contribution in [3.8, 4) is 0 Å². The number of nitrogens with zero attached hydrogens (tertiary/aromatic N) is 1. The summed E-state index contributed by atoms with van der Waals surface area (Å²) in [4.78, 5) is 0. The van der Waals surface area contributed by atoms with Gasteiger partial charge in [-0.05, 0) is 25.0 Å². The molecule has 0 aromatic heterocycles. The molecule has 0 amide bonds. The summed E-state index contributed by atoms with van der Waals surface area (Å²) in [7, 11) is 0. The van der Waals surface area contributed by atoms with E-state index < -0.39 is 5.39 Å². The fourth-order valence-electron chi connectivity index (χ4n) is 1.99. The lowest BCUT2D eigenvalue weighted by molar-refractivity contribution is 0.374. The first-order chi connectivity index (χ1) is 7.62. The molecule has 88 valence electrons. The van der Waals surface area contributed by atoms with Gasteiger partial charge in [0.1, 0.15) is 5.82 Å². The van der Waals surface area contributed by atoms with E-state index in [1.165, 1.54) is 12.5 Å². The Morgan fingerprint density at radius 2 is 1.81 bits per heavy atom. The molecule has 1 unspecified atom stereocenters. The van der Waals surface area contributed by atoms with Crippen LogP contribution >= 0.6 is 17.6 Å². The van der Waals surface area contributed by atoms with Gasteiger partial charge in [0, 0.05) is 18.4 Å². The molecule has 5 heteroatoms. The minimum Gasteiger partial charge on any atom is -0.264 e. The Bertz CT molecular complexity index is 418. The zero-order valence-corrected chi connectivity index (χ0v) is 11.6. The number of piperidine rings is 1. The first-order valence-electron chi connectivity index (χ1n) is 5.45. The van der Waals surface area contributed by atoms with Crippen molar-refractivity contribution in [1.29, 1.82) is 0 Å². The smallest absolute Gasteiger partial charge is 0.133 e. The third kappa shape index (κ3) is 2.51. The molecule has 0 spiro atoms. The molecule has 1 nitrogen and oxygen atoms in total. The van der Waals surface area contributed by atoms with E-state index in [0.29, 0.717) is 5.30 Å². The Balaban J connectivity index is 2.30. The maximum atomic E-state index is 13.7. The van der Waals surface area contributed by atoms with Crippen molar-refractivity contribution in [3.63, 3.8) is 0 Å². The summed E-state index contributed by atoms with van der Waals surface area (Å²) in [6.45, 7) is 1.91. The number of hydrogen-bond acceptors (Lipinski definition) is 1. The SMILES string of the molecule is Fc1ccccc1P(=S)(S)N1CCCCC1. The van der Waals surface area contributed by atoms with E-state index >= 15 is 0 Å².